The smallest absolute Gasteiger partial charge is 0.167 e. The predicted molar refractivity (Wildman–Crippen MR) is 234 cm³/mol. The minimum absolute atomic E-state index is 0.541. The summed E-state index contributed by atoms with van der Waals surface area (Å²) >= 11 is 1.85. The number of aromatic nitrogens is 3. The number of fused-ring (bicyclic) bond motifs is 9. The van der Waals surface area contributed by atoms with Crippen LogP contribution in [0.4, 0.5) is 0 Å². The Morgan fingerprint density at radius 3 is 1.84 bits per heavy atom. The van der Waals surface area contributed by atoms with Gasteiger partial charge in [0.25, 0.3) is 0 Å². The lowest BCUT2D eigenvalue weighted by atomic mass is 9.94. The summed E-state index contributed by atoms with van der Waals surface area (Å²) in [5.74, 6) is 1.68. The number of nitrogens with zero attached hydrogens (tertiary/aromatic N) is 3. The third-order valence-electron chi connectivity index (χ3n) is 11.0. The summed E-state index contributed by atoms with van der Waals surface area (Å²) in [4.78, 5) is 15.5. The fourth-order valence-corrected chi connectivity index (χ4v) is 9.62. The van der Waals surface area contributed by atoms with Gasteiger partial charge in [0.05, 0.1) is 5.56 Å². The van der Waals surface area contributed by atoms with Crippen molar-refractivity contribution in [3.8, 4) is 56.4 Å². The van der Waals surface area contributed by atoms with Gasteiger partial charge in [-0.15, -0.1) is 11.3 Å². The van der Waals surface area contributed by atoms with Crippen molar-refractivity contribution in [2.45, 2.75) is 0 Å². The number of thiophene rings is 1. The van der Waals surface area contributed by atoms with Gasteiger partial charge in [-0.2, -0.15) is 0 Å². The van der Waals surface area contributed by atoms with Crippen LogP contribution in [0.3, 0.4) is 0 Å². The minimum Gasteiger partial charge on any atom is -0.456 e. The molecule has 0 bridgehead atoms. The van der Waals surface area contributed by atoms with Crippen LogP contribution < -0.4 is 0 Å². The number of para-hydroxylation sites is 2. The summed E-state index contributed by atoms with van der Waals surface area (Å²) in [6, 6.07) is 60.9. The molecule has 0 fully saturated rings. The van der Waals surface area contributed by atoms with Crippen molar-refractivity contribution in [2.24, 2.45) is 0 Å². The van der Waals surface area contributed by atoms with Gasteiger partial charge in [-0.25, -0.2) is 15.0 Å². The van der Waals surface area contributed by atoms with E-state index in [0.29, 0.717) is 17.5 Å². The molecule has 6 heteroatoms. The van der Waals surface area contributed by atoms with Gasteiger partial charge in [-0.1, -0.05) is 140 Å². The highest BCUT2D eigenvalue weighted by molar-refractivity contribution is 7.26. The second-order valence-electron chi connectivity index (χ2n) is 14.3. The molecule has 0 N–H and O–H groups in total. The second kappa shape index (κ2) is 12.6. The zero-order valence-electron chi connectivity index (χ0n) is 30.3. The Labute approximate surface area is 330 Å². The lowest BCUT2D eigenvalue weighted by Crippen LogP contribution is -2.00. The Balaban J connectivity index is 1.09. The van der Waals surface area contributed by atoms with E-state index in [4.69, 9.17) is 23.8 Å². The standard InChI is InChI=1S/C51H29N3O2S/c1-3-13-30(14-4-1)34-27-26-33(46-37-18-8-10-24-44(37)57-48(34)46)32-25-28-42-40(29-32)45-38(20-12-23-43(45)55-42)50-52-49(31-15-5-2-6-16-31)53-51(54-50)39-21-11-19-36-35-17-7-9-22-41(35)56-47(36)39/h1-29H. The van der Waals surface area contributed by atoms with Crippen molar-refractivity contribution in [3.63, 3.8) is 0 Å². The summed E-state index contributed by atoms with van der Waals surface area (Å²) in [6.45, 7) is 0. The van der Waals surface area contributed by atoms with Crippen molar-refractivity contribution in [1.82, 2.24) is 15.0 Å². The molecule has 0 saturated heterocycles. The number of rotatable bonds is 5. The van der Waals surface area contributed by atoms with Crippen LogP contribution in [0.25, 0.3) is 120 Å². The Kier molecular flexibility index (Phi) is 7.03. The molecule has 0 unspecified atom stereocenters. The Bertz CT molecular complexity index is 3530. The molecule has 4 aromatic heterocycles. The van der Waals surface area contributed by atoms with Crippen molar-refractivity contribution in [2.75, 3.05) is 0 Å². The molecule has 0 aliphatic rings. The Morgan fingerprint density at radius 1 is 0.351 bits per heavy atom. The van der Waals surface area contributed by atoms with Crippen LogP contribution in [0.5, 0.6) is 0 Å². The number of hydrogen-bond acceptors (Lipinski definition) is 6. The predicted octanol–water partition coefficient (Wildman–Crippen LogP) is 14.4. The molecule has 12 aromatic rings. The minimum atomic E-state index is 0.541. The Hall–Kier alpha value is -7.41. The summed E-state index contributed by atoms with van der Waals surface area (Å²) < 4.78 is 15.6. The van der Waals surface area contributed by atoms with E-state index in [1.165, 1.54) is 36.9 Å². The fourth-order valence-electron chi connectivity index (χ4n) is 8.35. The molecule has 266 valence electrons. The van der Waals surface area contributed by atoms with E-state index in [2.05, 4.69) is 103 Å². The van der Waals surface area contributed by atoms with Gasteiger partial charge in [-0.05, 0) is 58.7 Å². The largest absolute Gasteiger partial charge is 0.456 e. The maximum atomic E-state index is 6.56. The van der Waals surface area contributed by atoms with Gasteiger partial charge >= 0.3 is 0 Å². The molecule has 5 nitrogen and oxygen atoms in total. The van der Waals surface area contributed by atoms with Crippen LogP contribution in [-0.4, -0.2) is 15.0 Å². The van der Waals surface area contributed by atoms with Gasteiger partial charge in [0.15, 0.2) is 17.5 Å². The molecular formula is C51H29N3O2S. The van der Waals surface area contributed by atoms with Gasteiger partial charge < -0.3 is 8.83 Å². The highest BCUT2D eigenvalue weighted by Crippen LogP contribution is 2.46. The quantitative estimate of drug-likeness (QED) is 0.175. The van der Waals surface area contributed by atoms with E-state index in [-0.39, 0.29) is 0 Å². The number of hydrogen-bond donors (Lipinski definition) is 0. The maximum Gasteiger partial charge on any atom is 0.167 e. The SMILES string of the molecule is c1ccc(-c2nc(-c3cccc4c3oc3ccccc34)nc(-c3cccc4oc5ccc(-c6ccc(-c7ccccc7)c7sc8ccccc8c67)cc5c34)n2)cc1. The highest BCUT2D eigenvalue weighted by Gasteiger charge is 2.22. The van der Waals surface area contributed by atoms with Gasteiger partial charge in [0, 0.05) is 52.8 Å². The van der Waals surface area contributed by atoms with Crippen molar-refractivity contribution >= 4 is 75.4 Å². The molecule has 0 atom stereocenters. The van der Waals surface area contributed by atoms with E-state index in [9.17, 15) is 0 Å². The van der Waals surface area contributed by atoms with Crippen LogP contribution in [-0.2, 0) is 0 Å². The number of benzene rings is 8. The van der Waals surface area contributed by atoms with E-state index in [0.717, 1.165) is 66.1 Å². The van der Waals surface area contributed by atoms with Crippen molar-refractivity contribution in [1.29, 1.82) is 0 Å². The van der Waals surface area contributed by atoms with Crippen molar-refractivity contribution in [3.05, 3.63) is 176 Å². The summed E-state index contributed by atoms with van der Waals surface area (Å²) in [6.07, 6.45) is 0. The lowest BCUT2D eigenvalue weighted by Gasteiger charge is -2.11. The summed E-state index contributed by atoms with van der Waals surface area (Å²) in [5, 5.41) is 6.55. The number of furan rings is 2. The maximum absolute atomic E-state index is 6.56. The third-order valence-corrected chi connectivity index (χ3v) is 12.2. The van der Waals surface area contributed by atoms with E-state index in [1.807, 2.05) is 84.1 Å². The first kappa shape index (κ1) is 31.9. The molecule has 0 radical (unpaired) electrons. The fraction of sp³-hybridized carbons (Fsp3) is 0. The normalized spacial score (nSPS) is 11.9. The first-order chi connectivity index (χ1) is 28.2. The van der Waals surface area contributed by atoms with Gasteiger partial charge in [0.1, 0.15) is 22.3 Å². The average Bonchev–Trinajstić information content (AvgIpc) is 3.98. The van der Waals surface area contributed by atoms with E-state index in [1.54, 1.807) is 0 Å². The molecule has 0 amide bonds. The first-order valence-electron chi connectivity index (χ1n) is 18.9. The van der Waals surface area contributed by atoms with E-state index < -0.39 is 0 Å². The van der Waals surface area contributed by atoms with E-state index >= 15 is 0 Å². The molecule has 0 spiro atoms. The zero-order valence-corrected chi connectivity index (χ0v) is 31.1. The summed E-state index contributed by atoms with van der Waals surface area (Å²) in [7, 11) is 0. The molecular weight excluding hydrogens is 719 g/mol. The molecule has 0 aliphatic heterocycles. The monoisotopic (exact) mass is 747 g/mol. The summed E-state index contributed by atoms with van der Waals surface area (Å²) in [5.41, 5.74) is 10.5. The van der Waals surface area contributed by atoms with Crippen LogP contribution >= 0.6 is 11.3 Å². The van der Waals surface area contributed by atoms with Crippen LogP contribution in [0.2, 0.25) is 0 Å². The topological polar surface area (TPSA) is 65.0 Å². The van der Waals surface area contributed by atoms with Gasteiger partial charge in [0.2, 0.25) is 0 Å². The molecule has 12 rings (SSSR count). The Morgan fingerprint density at radius 2 is 0.982 bits per heavy atom. The van der Waals surface area contributed by atoms with Crippen LogP contribution in [0.1, 0.15) is 0 Å². The van der Waals surface area contributed by atoms with Crippen molar-refractivity contribution < 1.29 is 8.83 Å². The zero-order chi connectivity index (χ0) is 37.5. The third kappa shape index (κ3) is 5.04. The van der Waals surface area contributed by atoms with Crippen LogP contribution in [0, 0.1) is 0 Å². The second-order valence-corrected chi connectivity index (χ2v) is 15.3. The molecule has 0 aliphatic carbocycles. The van der Waals surface area contributed by atoms with Gasteiger partial charge in [-0.3, -0.25) is 0 Å². The first-order valence-corrected chi connectivity index (χ1v) is 19.7. The molecule has 0 saturated carbocycles. The molecule has 4 heterocycles. The average molecular weight is 748 g/mol. The highest BCUT2D eigenvalue weighted by atomic mass is 32.1. The molecule has 8 aromatic carbocycles. The van der Waals surface area contributed by atoms with Crippen LogP contribution in [0.15, 0.2) is 185 Å². The lowest BCUT2D eigenvalue weighted by molar-refractivity contribution is 0.668. The molecule has 57 heavy (non-hydrogen) atoms.